The largest absolute Gasteiger partial charge is 0.434 e. The summed E-state index contributed by atoms with van der Waals surface area (Å²) in [4.78, 5) is 19.6. The predicted molar refractivity (Wildman–Crippen MR) is 115 cm³/mol. The Morgan fingerprint density at radius 3 is 2.74 bits per heavy atom. The van der Waals surface area contributed by atoms with Gasteiger partial charge in [0.05, 0.1) is 12.7 Å². The lowest BCUT2D eigenvalue weighted by atomic mass is 9.99. The molecule has 1 saturated heterocycles. The highest BCUT2D eigenvalue weighted by atomic mass is 19.4. The number of rotatable bonds is 5. The number of benzene rings is 1. The van der Waals surface area contributed by atoms with E-state index in [9.17, 15) is 13.2 Å². The van der Waals surface area contributed by atoms with Crippen molar-refractivity contribution in [1.82, 2.24) is 14.9 Å². The molecule has 9 heteroatoms. The number of hydrogen-bond donors (Lipinski definition) is 0. The molecule has 1 unspecified atom stereocenters. The van der Waals surface area contributed by atoms with Gasteiger partial charge in [0.1, 0.15) is 11.5 Å². The first-order valence-electron chi connectivity index (χ1n) is 9.83. The van der Waals surface area contributed by atoms with Crippen LogP contribution in [-0.4, -0.2) is 53.6 Å². The van der Waals surface area contributed by atoms with Crippen molar-refractivity contribution in [2.24, 2.45) is 9.98 Å². The van der Waals surface area contributed by atoms with Crippen molar-refractivity contribution in [2.45, 2.75) is 18.5 Å². The van der Waals surface area contributed by atoms with Gasteiger partial charge >= 0.3 is 6.18 Å². The smallest absolute Gasteiger partial charge is 0.356 e. The molecule has 1 aromatic carbocycles. The zero-order valence-electron chi connectivity index (χ0n) is 16.7. The number of nitrogens with zero attached hydrogens (tertiary/aromatic N) is 6. The second kappa shape index (κ2) is 8.71. The Balaban J connectivity index is 1.58. The van der Waals surface area contributed by atoms with E-state index in [1.165, 1.54) is 22.9 Å². The summed E-state index contributed by atoms with van der Waals surface area (Å²) in [6.45, 7) is 5.23. The minimum Gasteiger partial charge on any atom is -0.356 e. The summed E-state index contributed by atoms with van der Waals surface area (Å²) in [7, 11) is 0. The molecular formula is C22H21F3N6. The summed E-state index contributed by atoms with van der Waals surface area (Å²) in [5.41, 5.74) is 0.617. The van der Waals surface area contributed by atoms with Gasteiger partial charge < -0.3 is 9.80 Å². The maximum atomic E-state index is 13.1. The molecule has 1 fully saturated rings. The summed E-state index contributed by atoms with van der Waals surface area (Å²) in [6, 6.07) is 12.1. The average Bonchev–Trinajstić information content (AvgIpc) is 3.28. The van der Waals surface area contributed by atoms with E-state index < -0.39 is 11.9 Å². The molecule has 0 bridgehead atoms. The van der Waals surface area contributed by atoms with Crippen LogP contribution in [0.1, 0.15) is 23.7 Å². The topological polar surface area (TPSA) is 57.0 Å². The molecule has 2 aromatic rings. The molecule has 0 saturated carbocycles. The van der Waals surface area contributed by atoms with E-state index in [1.54, 1.807) is 6.20 Å². The molecule has 1 atom stereocenters. The number of aromatic nitrogens is 2. The Hall–Kier alpha value is -3.49. The number of alkyl halides is 3. The van der Waals surface area contributed by atoms with E-state index in [-0.39, 0.29) is 12.4 Å². The van der Waals surface area contributed by atoms with Crippen molar-refractivity contribution < 1.29 is 13.2 Å². The lowest BCUT2D eigenvalue weighted by Crippen LogP contribution is -2.27. The lowest BCUT2D eigenvalue weighted by Gasteiger charge is -2.25. The van der Waals surface area contributed by atoms with Gasteiger partial charge in [-0.15, -0.1) is 0 Å². The maximum Gasteiger partial charge on any atom is 0.434 e. The quantitative estimate of drug-likeness (QED) is 0.671. The fraction of sp³-hybridized carbons (Fsp3) is 0.273. The number of aliphatic imine (C=N–C) groups is 2. The van der Waals surface area contributed by atoms with Crippen LogP contribution in [0.3, 0.4) is 0 Å². The van der Waals surface area contributed by atoms with Gasteiger partial charge in [-0.2, -0.15) is 13.2 Å². The van der Waals surface area contributed by atoms with Crippen LogP contribution in [-0.2, 0) is 0 Å². The van der Waals surface area contributed by atoms with Crippen molar-refractivity contribution in [3.05, 3.63) is 72.1 Å². The minimum absolute atomic E-state index is 0.147. The second-order valence-corrected chi connectivity index (χ2v) is 7.25. The molecule has 0 radical (unpaired) electrons. The Morgan fingerprint density at radius 2 is 2.00 bits per heavy atom. The predicted octanol–water partition coefficient (Wildman–Crippen LogP) is 4.26. The summed E-state index contributed by atoms with van der Waals surface area (Å²) < 4.78 is 39.3. The molecule has 4 rings (SSSR count). The van der Waals surface area contributed by atoms with Gasteiger partial charge in [-0.05, 0) is 24.8 Å². The summed E-state index contributed by atoms with van der Waals surface area (Å²) in [5.74, 6) is 1.41. The third kappa shape index (κ3) is 4.65. The molecule has 0 amide bonds. The van der Waals surface area contributed by atoms with Crippen LogP contribution in [0.5, 0.6) is 0 Å². The second-order valence-electron chi connectivity index (χ2n) is 7.25. The normalized spacial score (nSPS) is 19.5. The summed E-state index contributed by atoms with van der Waals surface area (Å²) in [5, 5.41) is 0. The van der Waals surface area contributed by atoms with Crippen molar-refractivity contribution >= 4 is 24.4 Å². The third-order valence-electron chi connectivity index (χ3n) is 5.25. The first kappa shape index (κ1) is 20.8. The van der Waals surface area contributed by atoms with Gasteiger partial charge in [-0.3, -0.25) is 9.98 Å². The lowest BCUT2D eigenvalue weighted by molar-refractivity contribution is -0.0934. The van der Waals surface area contributed by atoms with Crippen molar-refractivity contribution in [3.8, 4) is 0 Å². The molecule has 3 heterocycles. The van der Waals surface area contributed by atoms with Gasteiger partial charge in [0.2, 0.25) is 0 Å². The first-order valence-corrected chi connectivity index (χ1v) is 9.83. The molecule has 2 aliphatic heterocycles. The van der Waals surface area contributed by atoms with E-state index in [0.717, 1.165) is 31.5 Å². The van der Waals surface area contributed by atoms with E-state index in [2.05, 4.69) is 43.7 Å². The Labute approximate surface area is 178 Å². The zero-order chi connectivity index (χ0) is 21.8. The zero-order valence-corrected chi connectivity index (χ0v) is 16.7. The highest BCUT2D eigenvalue weighted by Crippen LogP contribution is 2.32. The van der Waals surface area contributed by atoms with Gasteiger partial charge in [0.15, 0.2) is 11.5 Å². The van der Waals surface area contributed by atoms with Crippen LogP contribution < -0.4 is 4.90 Å². The summed E-state index contributed by atoms with van der Waals surface area (Å²) in [6.07, 6.45) is 1.56. The van der Waals surface area contributed by atoms with Crippen LogP contribution >= 0.6 is 0 Å². The van der Waals surface area contributed by atoms with Gasteiger partial charge in [0, 0.05) is 37.6 Å². The van der Waals surface area contributed by atoms with Crippen LogP contribution in [0.4, 0.5) is 19.0 Å². The van der Waals surface area contributed by atoms with Crippen LogP contribution in [0.25, 0.3) is 5.70 Å². The number of allylic oxidation sites excluding steroid dienone is 1. The van der Waals surface area contributed by atoms with Crippen LogP contribution in [0, 0.1) is 0 Å². The minimum atomic E-state index is -4.55. The molecule has 0 spiro atoms. The third-order valence-corrected chi connectivity index (χ3v) is 5.25. The molecule has 0 N–H and O–H groups in total. The molecule has 160 valence electrons. The van der Waals surface area contributed by atoms with Gasteiger partial charge in [0.25, 0.3) is 0 Å². The standard InChI is InChI=1S/C22H21F3N6/c1-26-13-18(30-12-10-27-19(15-30)22(23,24)25)21-28-9-7-20(29-21)31-11-8-17(14-31)16-5-3-2-4-6-16/h2-7,9-10,13,15,17H,1,8,11-12,14H2/b18-13-. The van der Waals surface area contributed by atoms with Crippen LogP contribution in [0.15, 0.2) is 70.7 Å². The van der Waals surface area contributed by atoms with E-state index in [4.69, 9.17) is 0 Å². The van der Waals surface area contributed by atoms with E-state index in [0.29, 0.717) is 11.6 Å². The Bertz CT molecular complexity index is 1030. The highest BCUT2D eigenvalue weighted by molar-refractivity contribution is 5.70. The fourth-order valence-corrected chi connectivity index (χ4v) is 3.74. The SMILES string of the molecule is C=N/C=C(/c1nccc(N2CCC(c3ccccc3)C2)n1)N1C=C(C(F)(F)F)N=CC1. The van der Waals surface area contributed by atoms with E-state index >= 15 is 0 Å². The molecule has 2 aliphatic rings. The van der Waals surface area contributed by atoms with E-state index in [1.807, 2.05) is 24.3 Å². The maximum absolute atomic E-state index is 13.1. The molecule has 1 aromatic heterocycles. The summed E-state index contributed by atoms with van der Waals surface area (Å²) >= 11 is 0. The average molecular weight is 426 g/mol. The number of hydrogen-bond acceptors (Lipinski definition) is 6. The Kier molecular flexibility index (Phi) is 5.83. The highest BCUT2D eigenvalue weighted by Gasteiger charge is 2.36. The molecule has 6 nitrogen and oxygen atoms in total. The molecular weight excluding hydrogens is 405 g/mol. The molecule has 0 aliphatic carbocycles. The van der Waals surface area contributed by atoms with Crippen LogP contribution in [0.2, 0.25) is 0 Å². The monoisotopic (exact) mass is 426 g/mol. The van der Waals surface area contributed by atoms with Crippen molar-refractivity contribution in [3.63, 3.8) is 0 Å². The number of anilines is 1. The van der Waals surface area contributed by atoms with Crippen molar-refractivity contribution in [1.29, 1.82) is 0 Å². The van der Waals surface area contributed by atoms with Gasteiger partial charge in [-0.1, -0.05) is 30.3 Å². The number of halogens is 3. The van der Waals surface area contributed by atoms with Gasteiger partial charge in [-0.25, -0.2) is 9.97 Å². The fourth-order valence-electron chi connectivity index (χ4n) is 3.74. The Morgan fingerprint density at radius 1 is 1.19 bits per heavy atom. The first-order chi connectivity index (χ1) is 15.0. The molecule has 31 heavy (non-hydrogen) atoms. The van der Waals surface area contributed by atoms with Crippen molar-refractivity contribution in [2.75, 3.05) is 24.5 Å².